The van der Waals surface area contributed by atoms with E-state index in [1.165, 1.54) is 11.8 Å². The van der Waals surface area contributed by atoms with Crippen LogP contribution in [0.4, 0.5) is 0 Å². The van der Waals surface area contributed by atoms with Crippen molar-refractivity contribution in [3.8, 4) is 5.69 Å². The lowest BCUT2D eigenvalue weighted by atomic mass is 10.2. The number of carbonyl (C=O) groups is 1. The summed E-state index contributed by atoms with van der Waals surface area (Å²) in [5, 5.41) is 4.98. The predicted molar refractivity (Wildman–Crippen MR) is 124 cm³/mol. The minimum Gasteiger partial charge on any atom is -0.350 e. The zero-order valence-corrected chi connectivity index (χ0v) is 18.0. The summed E-state index contributed by atoms with van der Waals surface area (Å²) in [6, 6.07) is 18.6. The van der Waals surface area contributed by atoms with Crippen molar-refractivity contribution in [1.29, 1.82) is 0 Å². The second kappa shape index (κ2) is 9.01. The Balaban J connectivity index is 1.59. The molecule has 7 nitrogen and oxygen atoms in total. The molecular formula is C23H21N5O2S. The first-order valence-corrected chi connectivity index (χ1v) is 10.7. The molecule has 4 aromatic rings. The van der Waals surface area contributed by atoms with Crippen LogP contribution in [0.15, 0.2) is 81.9 Å². The van der Waals surface area contributed by atoms with Crippen molar-refractivity contribution in [3.05, 3.63) is 88.5 Å². The van der Waals surface area contributed by atoms with E-state index >= 15 is 0 Å². The number of benzene rings is 2. The van der Waals surface area contributed by atoms with Crippen LogP contribution in [0.2, 0.25) is 0 Å². The maximum absolute atomic E-state index is 13.2. The molecule has 8 heteroatoms. The van der Waals surface area contributed by atoms with Gasteiger partial charge in [0.15, 0.2) is 5.16 Å². The van der Waals surface area contributed by atoms with Crippen molar-refractivity contribution < 1.29 is 4.79 Å². The minimum atomic E-state index is -0.284. The van der Waals surface area contributed by atoms with Gasteiger partial charge in [-0.3, -0.25) is 14.2 Å². The molecule has 0 atom stereocenters. The van der Waals surface area contributed by atoms with Crippen LogP contribution >= 0.6 is 11.8 Å². The number of thioether (sulfide) groups is 1. The van der Waals surface area contributed by atoms with E-state index in [0.29, 0.717) is 21.7 Å². The first kappa shape index (κ1) is 20.6. The standard InChI is InChI=1S/C23H21N5O2S/c1-16-9-11-17(12-10-16)28-22(30)19-7-3-4-8-20(19)25-23(28)31-15-21(29)26-24-14-18-6-5-13-27(18)2/h3-14H,15H2,1-2H3,(H,26,29)/b24-14-. The Morgan fingerprint density at radius 3 is 2.65 bits per heavy atom. The van der Waals surface area contributed by atoms with Gasteiger partial charge < -0.3 is 4.57 Å². The molecule has 2 aromatic heterocycles. The van der Waals surface area contributed by atoms with E-state index in [1.54, 1.807) is 22.9 Å². The molecule has 0 unspecified atom stereocenters. The molecule has 1 amide bonds. The molecule has 0 fully saturated rings. The number of para-hydroxylation sites is 1. The minimum absolute atomic E-state index is 0.0706. The molecule has 31 heavy (non-hydrogen) atoms. The van der Waals surface area contributed by atoms with Crippen molar-refractivity contribution in [2.24, 2.45) is 12.1 Å². The van der Waals surface area contributed by atoms with Gasteiger partial charge in [0.1, 0.15) is 0 Å². The summed E-state index contributed by atoms with van der Waals surface area (Å²) in [6.07, 6.45) is 3.48. The van der Waals surface area contributed by atoms with E-state index in [-0.39, 0.29) is 17.2 Å². The van der Waals surface area contributed by atoms with Gasteiger partial charge in [-0.05, 0) is 43.3 Å². The number of aromatic nitrogens is 3. The van der Waals surface area contributed by atoms with E-state index < -0.39 is 0 Å². The number of hydrogen-bond donors (Lipinski definition) is 1. The summed E-state index contributed by atoms with van der Waals surface area (Å²) in [7, 11) is 1.90. The number of rotatable bonds is 6. The highest BCUT2D eigenvalue weighted by atomic mass is 32.2. The average Bonchev–Trinajstić information content (AvgIpc) is 3.18. The molecule has 0 saturated carbocycles. The number of amides is 1. The number of hydrazone groups is 1. The summed E-state index contributed by atoms with van der Waals surface area (Å²) in [6.45, 7) is 1.99. The summed E-state index contributed by atoms with van der Waals surface area (Å²) >= 11 is 1.19. The van der Waals surface area contributed by atoms with Crippen LogP contribution in [-0.4, -0.2) is 32.0 Å². The topological polar surface area (TPSA) is 81.3 Å². The van der Waals surface area contributed by atoms with E-state index in [2.05, 4.69) is 15.5 Å². The van der Waals surface area contributed by atoms with Crippen molar-refractivity contribution in [2.75, 3.05) is 5.75 Å². The maximum Gasteiger partial charge on any atom is 0.266 e. The molecular weight excluding hydrogens is 410 g/mol. The molecule has 0 aliphatic heterocycles. The van der Waals surface area contributed by atoms with Crippen LogP contribution in [0.25, 0.3) is 16.6 Å². The fraction of sp³-hybridized carbons (Fsp3) is 0.130. The fourth-order valence-electron chi connectivity index (χ4n) is 3.07. The molecule has 1 N–H and O–H groups in total. The van der Waals surface area contributed by atoms with Gasteiger partial charge in [0.25, 0.3) is 11.5 Å². The molecule has 0 saturated heterocycles. The number of hydrogen-bond acceptors (Lipinski definition) is 5. The molecule has 0 spiro atoms. The Hall–Kier alpha value is -3.65. The Morgan fingerprint density at radius 1 is 1.13 bits per heavy atom. The van der Waals surface area contributed by atoms with Gasteiger partial charge in [-0.1, -0.05) is 41.6 Å². The molecule has 0 radical (unpaired) electrons. The van der Waals surface area contributed by atoms with Crippen LogP contribution in [0.5, 0.6) is 0 Å². The Kier molecular flexibility index (Phi) is 5.99. The van der Waals surface area contributed by atoms with E-state index in [9.17, 15) is 9.59 Å². The van der Waals surface area contributed by atoms with E-state index in [0.717, 1.165) is 11.3 Å². The van der Waals surface area contributed by atoms with Gasteiger partial charge in [0.2, 0.25) is 0 Å². The average molecular weight is 432 g/mol. The Bertz CT molecular complexity index is 1320. The number of aryl methyl sites for hydroxylation is 2. The normalized spacial score (nSPS) is 11.3. The molecule has 0 aliphatic carbocycles. The number of nitrogens with one attached hydrogen (secondary N) is 1. The quantitative estimate of drug-likeness (QED) is 0.220. The van der Waals surface area contributed by atoms with Crippen molar-refractivity contribution in [2.45, 2.75) is 12.1 Å². The third kappa shape index (κ3) is 4.59. The van der Waals surface area contributed by atoms with Gasteiger partial charge >= 0.3 is 0 Å². The monoisotopic (exact) mass is 431 g/mol. The zero-order chi connectivity index (χ0) is 21.8. The Labute approximate surface area is 183 Å². The van der Waals surface area contributed by atoms with Crippen molar-refractivity contribution in [3.63, 3.8) is 0 Å². The Morgan fingerprint density at radius 2 is 1.90 bits per heavy atom. The third-order valence-electron chi connectivity index (χ3n) is 4.74. The van der Waals surface area contributed by atoms with Gasteiger partial charge in [-0.2, -0.15) is 5.10 Å². The summed E-state index contributed by atoms with van der Waals surface area (Å²) < 4.78 is 3.44. The highest BCUT2D eigenvalue weighted by Crippen LogP contribution is 2.21. The molecule has 4 rings (SSSR count). The smallest absolute Gasteiger partial charge is 0.266 e. The van der Waals surface area contributed by atoms with Crippen LogP contribution < -0.4 is 11.0 Å². The SMILES string of the molecule is Cc1ccc(-n2c(SCC(=O)N/N=C\c3cccn3C)nc3ccccc3c2=O)cc1. The van der Waals surface area contributed by atoms with Crippen molar-refractivity contribution >= 4 is 34.8 Å². The van der Waals surface area contributed by atoms with Gasteiger partial charge in [-0.15, -0.1) is 0 Å². The van der Waals surface area contributed by atoms with Crippen LogP contribution in [0, 0.1) is 6.92 Å². The first-order chi connectivity index (χ1) is 15.0. The zero-order valence-electron chi connectivity index (χ0n) is 17.1. The molecule has 0 bridgehead atoms. The first-order valence-electron chi connectivity index (χ1n) is 9.68. The molecule has 0 aliphatic rings. The number of nitrogens with zero attached hydrogens (tertiary/aromatic N) is 4. The van der Waals surface area contributed by atoms with E-state index in [1.807, 2.05) is 73.3 Å². The van der Waals surface area contributed by atoms with Gasteiger partial charge in [0.05, 0.1) is 34.3 Å². The molecule has 2 aromatic carbocycles. The van der Waals surface area contributed by atoms with E-state index in [4.69, 9.17) is 0 Å². The summed E-state index contributed by atoms with van der Waals surface area (Å²) in [5.41, 5.74) is 5.62. The second-order valence-electron chi connectivity index (χ2n) is 7.01. The largest absolute Gasteiger partial charge is 0.350 e. The fourth-order valence-corrected chi connectivity index (χ4v) is 3.88. The highest BCUT2D eigenvalue weighted by Gasteiger charge is 2.14. The number of carbonyl (C=O) groups excluding carboxylic acids is 1. The van der Waals surface area contributed by atoms with Crippen LogP contribution in [0.1, 0.15) is 11.3 Å². The lowest BCUT2D eigenvalue weighted by molar-refractivity contribution is -0.118. The summed E-state index contributed by atoms with van der Waals surface area (Å²) in [5.74, 6) is -0.213. The third-order valence-corrected chi connectivity index (χ3v) is 5.68. The van der Waals surface area contributed by atoms with Crippen LogP contribution in [-0.2, 0) is 11.8 Å². The molecule has 2 heterocycles. The second-order valence-corrected chi connectivity index (χ2v) is 7.96. The van der Waals surface area contributed by atoms with Gasteiger partial charge in [-0.25, -0.2) is 10.4 Å². The van der Waals surface area contributed by atoms with Crippen LogP contribution in [0.3, 0.4) is 0 Å². The lowest BCUT2D eigenvalue weighted by Gasteiger charge is -2.13. The summed E-state index contributed by atoms with van der Waals surface area (Å²) in [4.78, 5) is 30.1. The lowest BCUT2D eigenvalue weighted by Crippen LogP contribution is -2.24. The van der Waals surface area contributed by atoms with Gasteiger partial charge in [0, 0.05) is 13.2 Å². The highest BCUT2D eigenvalue weighted by molar-refractivity contribution is 7.99. The number of fused-ring (bicyclic) bond motifs is 1. The maximum atomic E-state index is 13.2. The predicted octanol–water partition coefficient (Wildman–Crippen LogP) is 3.28. The molecule has 156 valence electrons. The van der Waals surface area contributed by atoms with Crippen molar-refractivity contribution in [1.82, 2.24) is 19.5 Å².